The first-order valence-corrected chi connectivity index (χ1v) is 5.16. The molecule has 0 saturated heterocycles. The number of hydrogen-bond acceptors (Lipinski definition) is 3. The Morgan fingerprint density at radius 3 is 2.50 bits per heavy atom. The van der Waals surface area contributed by atoms with E-state index in [0.717, 1.165) is 0 Å². The number of hydrogen-bond donors (Lipinski definition) is 0. The number of nitrogens with zero attached hydrogens (tertiary/aromatic N) is 1. The quantitative estimate of drug-likeness (QED) is 0.774. The molecule has 0 bridgehead atoms. The van der Waals surface area contributed by atoms with Crippen LogP contribution in [0.2, 0.25) is 0 Å². The largest absolute Gasteiger partial charge is 0.455 e. The summed E-state index contributed by atoms with van der Waals surface area (Å²) < 4.78 is 18.2. The fourth-order valence-electron chi connectivity index (χ4n) is 1.47. The summed E-state index contributed by atoms with van der Waals surface area (Å²) in [7, 11) is 0. The van der Waals surface area contributed by atoms with Crippen LogP contribution in [0.5, 0.6) is 11.5 Å². The predicted octanol–water partition coefficient (Wildman–Crippen LogP) is 3.30. The van der Waals surface area contributed by atoms with Crippen molar-refractivity contribution >= 4 is 6.29 Å². The maximum Gasteiger partial charge on any atom is 0.155 e. The maximum absolute atomic E-state index is 12.8. The zero-order valence-electron chi connectivity index (χ0n) is 9.26. The number of carbonyl (C=O) groups is 1. The van der Waals surface area contributed by atoms with Gasteiger partial charge in [0.25, 0.3) is 0 Å². The number of benzene rings is 2. The fraction of sp³-hybridized carbons (Fsp3) is 0. The Bertz CT molecular complexity index is 615. The Hall–Kier alpha value is -2.67. The van der Waals surface area contributed by atoms with E-state index in [2.05, 4.69) is 0 Å². The van der Waals surface area contributed by atoms with Crippen LogP contribution >= 0.6 is 0 Å². The highest BCUT2D eigenvalue weighted by Gasteiger charge is 2.10. The minimum atomic E-state index is -0.383. The van der Waals surface area contributed by atoms with Crippen LogP contribution < -0.4 is 4.74 Å². The zero-order chi connectivity index (χ0) is 13.0. The summed E-state index contributed by atoms with van der Waals surface area (Å²) in [5.74, 6) is 0.162. The van der Waals surface area contributed by atoms with Gasteiger partial charge < -0.3 is 4.74 Å². The van der Waals surface area contributed by atoms with Gasteiger partial charge >= 0.3 is 0 Å². The van der Waals surface area contributed by atoms with Gasteiger partial charge in [-0.2, -0.15) is 5.26 Å². The first-order valence-electron chi connectivity index (χ1n) is 5.16. The van der Waals surface area contributed by atoms with E-state index in [1.54, 1.807) is 18.2 Å². The van der Waals surface area contributed by atoms with E-state index in [-0.39, 0.29) is 22.7 Å². The highest BCUT2D eigenvalue weighted by molar-refractivity contribution is 5.81. The zero-order valence-corrected chi connectivity index (χ0v) is 9.26. The number of ether oxygens (including phenoxy) is 1. The molecule has 4 heteroatoms. The summed E-state index contributed by atoms with van der Waals surface area (Å²) in [4.78, 5) is 10.9. The summed E-state index contributed by atoms with van der Waals surface area (Å²) in [6.45, 7) is 0. The lowest BCUT2D eigenvalue weighted by molar-refractivity contribution is 0.112. The van der Waals surface area contributed by atoms with E-state index in [1.807, 2.05) is 6.07 Å². The normalized spacial score (nSPS) is 9.56. The molecule has 0 N–H and O–H groups in total. The molecule has 88 valence electrons. The topological polar surface area (TPSA) is 50.1 Å². The second-order valence-electron chi connectivity index (χ2n) is 3.51. The van der Waals surface area contributed by atoms with Crippen LogP contribution in [0, 0.1) is 17.1 Å². The summed E-state index contributed by atoms with van der Waals surface area (Å²) in [6.07, 6.45) is 0.611. The fourth-order valence-corrected chi connectivity index (χ4v) is 1.47. The van der Waals surface area contributed by atoms with Gasteiger partial charge in [-0.25, -0.2) is 4.39 Å². The molecule has 0 fully saturated rings. The van der Waals surface area contributed by atoms with Crippen molar-refractivity contribution in [2.45, 2.75) is 0 Å². The lowest BCUT2D eigenvalue weighted by Gasteiger charge is -2.09. The third-order valence-corrected chi connectivity index (χ3v) is 2.33. The summed E-state index contributed by atoms with van der Waals surface area (Å²) in [5, 5.41) is 8.95. The van der Waals surface area contributed by atoms with Crippen molar-refractivity contribution in [2.75, 3.05) is 0 Å². The van der Waals surface area contributed by atoms with Crippen molar-refractivity contribution in [3.63, 3.8) is 0 Å². The van der Waals surface area contributed by atoms with Crippen molar-refractivity contribution in [1.82, 2.24) is 0 Å². The minimum absolute atomic E-state index is 0.182. The molecule has 0 heterocycles. The first kappa shape index (κ1) is 11.8. The van der Waals surface area contributed by atoms with Gasteiger partial charge in [-0.1, -0.05) is 6.07 Å². The third-order valence-electron chi connectivity index (χ3n) is 2.33. The van der Waals surface area contributed by atoms with E-state index < -0.39 is 0 Å². The van der Waals surface area contributed by atoms with Crippen molar-refractivity contribution in [3.05, 3.63) is 59.4 Å². The standard InChI is InChI=1S/C14H8FNO2/c15-12-4-6-13(7-5-12)18-14-10(8-16)2-1-3-11(14)9-17/h1-7,9H. The molecule has 2 aromatic carbocycles. The number of para-hydroxylation sites is 1. The van der Waals surface area contributed by atoms with Crippen molar-refractivity contribution < 1.29 is 13.9 Å². The summed E-state index contributed by atoms with van der Waals surface area (Å²) in [5.41, 5.74) is 0.530. The molecular weight excluding hydrogens is 233 g/mol. The lowest BCUT2D eigenvalue weighted by atomic mass is 10.1. The van der Waals surface area contributed by atoms with E-state index in [9.17, 15) is 9.18 Å². The van der Waals surface area contributed by atoms with Gasteiger partial charge in [0.15, 0.2) is 12.0 Å². The van der Waals surface area contributed by atoms with Crippen LogP contribution in [-0.2, 0) is 0 Å². The summed E-state index contributed by atoms with van der Waals surface area (Å²) in [6, 6.07) is 12.0. The monoisotopic (exact) mass is 241 g/mol. The molecule has 0 aliphatic heterocycles. The number of rotatable bonds is 3. The second-order valence-corrected chi connectivity index (χ2v) is 3.51. The number of aldehydes is 1. The molecule has 3 nitrogen and oxygen atoms in total. The van der Waals surface area contributed by atoms with Gasteiger partial charge in [-0.15, -0.1) is 0 Å². The molecule has 0 unspecified atom stereocenters. The van der Waals surface area contributed by atoms with Crippen molar-refractivity contribution in [2.24, 2.45) is 0 Å². The molecule has 0 aromatic heterocycles. The van der Waals surface area contributed by atoms with Crippen LogP contribution in [0.3, 0.4) is 0 Å². The Morgan fingerprint density at radius 1 is 1.17 bits per heavy atom. The van der Waals surface area contributed by atoms with E-state index in [1.165, 1.54) is 24.3 Å². The number of halogens is 1. The molecule has 0 aliphatic carbocycles. The molecule has 2 rings (SSSR count). The first-order chi connectivity index (χ1) is 8.74. The molecule has 18 heavy (non-hydrogen) atoms. The lowest BCUT2D eigenvalue weighted by Crippen LogP contribution is -1.94. The number of nitriles is 1. The molecule has 0 radical (unpaired) electrons. The molecule has 0 amide bonds. The van der Waals surface area contributed by atoms with Gasteiger partial charge in [0.2, 0.25) is 0 Å². The average Bonchev–Trinajstić information content (AvgIpc) is 2.41. The summed E-state index contributed by atoms with van der Waals surface area (Å²) >= 11 is 0. The van der Waals surface area contributed by atoms with E-state index >= 15 is 0 Å². The Morgan fingerprint density at radius 2 is 1.89 bits per heavy atom. The van der Waals surface area contributed by atoms with Crippen LogP contribution in [-0.4, -0.2) is 6.29 Å². The Labute approximate surface area is 103 Å². The van der Waals surface area contributed by atoms with Crippen LogP contribution in [0.15, 0.2) is 42.5 Å². The van der Waals surface area contributed by atoms with Crippen LogP contribution in [0.1, 0.15) is 15.9 Å². The highest BCUT2D eigenvalue weighted by atomic mass is 19.1. The van der Waals surface area contributed by atoms with Crippen molar-refractivity contribution in [3.8, 4) is 17.6 Å². The molecule has 2 aromatic rings. The molecule has 0 atom stereocenters. The van der Waals surface area contributed by atoms with Crippen LogP contribution in [0.25, 0.3) is 0 Å². The maximum atomic E-state index is 12.8. The van der Waals surface area contributed by atoms with Crippen molar-refractivity contribution in [1.29, 1.82) is 5.26 Å². The predicted molar refractivity (Wildman–Crippen MR) is 63.0 cm³/mol. The molecular formula is C14H8FNO2. The Balaban J connectivity index is 2.42. The second kappa shape index (κ2) is 5.11. The minimum Gasteiger partial charge on any atom is -0.455 e. The molecule has 0 aliphatic rings. The molecule has 0 spiro atoms. The Kier molecular flexibility index (Phi) is 3.35. The third kappa shape index (κ3) is 2.36. The smallest absolute Gasteiger partial charge is 0.155 e. The molecule has 0 saturated carbocycles. The van der Waals surface area contributed by atoms with Gasteiger partial charge in [0.1, 0.15) is 17.6 Å². The van der Waals surface area contributed by atoms with E-state index in [0.29, 0.717) is 12.0 Å². The van der Waals surface area contributed by atoms with Crippen LogP contribution in [0.4, 0.5) is 4.39 Å². The van der Waals surface area contributed by atoms with Gasteiger partial charge in [0, 0.05) is 0 Å². The number of carbonyl (C=O) groups excluding carboxylic acids is 1. The van der Waals surface area contributed by atoms with Gasteiger partial charge in [0.05, 0.1) is 11.1 Å². The highest BCUT2D eigenvalue weighted by Crippen LogP contribution is 2.28. The SMILES string of the molecule is N#Cc1cccc(C=O)c1Oc1ccc(F)cc1. The van der Waals surface area contributed by atoms with Gasteiger partial charge in [-0.3, -0.25) is 4.79 Å². The van der Waals surface area contributed by atoms with Gasteiger partial charge in [-0.05, 0) is 36.4 Å². The van der Waals surface area contributed by atoms with E-state index in [4.69, 9.17) is 10.00 Å². The average molecular weight is 241 g/mol.